The van der Waals surface area contributed by atoms with Crippen molar-refractivity contribution in [2.24, 2.45) is 0 Å². The molecule has 5 nitrogen and oxygen atoms in total. The van der Waals surface area contributed by atoms with Crippen LogP contribution in [0, 0.1) is 10.1 Å². The Bertz CT molecular complexity index is 583. The molecule has 0 saturated heterocycles. The second-order valence-electron chi connectivity index (χ2n) is 4.28. The van der Waals surface area contributed by atoms with E-state index in [1.807, 2.05) is 18.2 Å². The number of rotatable bonds is 7. The lowest BCUT2D eigenvalue weighted by Crippen LogP contribution is -2.15. The number of benzene rings is 1. The average Bonchev–Trinajstić information content (AvgIpc) is 2.93. The molecule has 2 rings (SSSR count). The molecule has 0 bridgehead atoms. The molecule has 0 aliphatic carbocycles. The molecular formula is C14H16N2O3S. The van der Waals surface area contributed by atoms with Crippen LogP contribution in [0.2, 0.25) is 0 Å². The van der Waals surface area contributed by atoms with Gasteiger partial charge in [0.15, 0.2) is 0 Å². The van der Waals surface area contributed by atoms with Crippen molar-refractivity contribution in [2.75, 3.05) is 13.7 Å². The summed E-state index contributed by atoms with van der Waals surface area (Å²) in [6.07, 6.45) is 0.894. The molecule has 6 heteroatoms. The third kappa shape index (κ3) is 4.04. The molecule has 0 aliphatic heterocycles. The first-order valence-electron chi connectivity index (χ1n) is 6.26. The first kappa shape index (κ1) is 14.5. The standard InChI is InChI=1S/C14H16N2O3S/c1-19-12-4-2-3-11(9-12)7-8-15-10-13-5-6-14(20-13)16(17)18/h2-6,9,15H,7-8,10H2,1H3. The van der Waals surface area contributed by atoms with Crippen LogP contribution in [-0.4, -0.2) is 18.6 Å². The average molecular weight is 292 g/mol. The highest BCUT2D eigenvalue weighted by atomic mass is 32.1. The van der Waals surface area contributed by atoms with Crippen LogP contribution in [0.4, 0.5) is 5.00 Å². The Hall–Kier alpha value is -1.92. The molecule has 0 saturated carbocycles. The summed E-state index contributed by atoms with van der Waals surface area (Å²) in [7, 11) is 1.65. The van der Waals surface area contributed by atoms with Gasteiger partial charge in [-0.3, -0.25) is 10.1 Å². The van der Waals surface area contributed by atoms with Crippen LogP contribution in [0.3, 0.4) is 0 Å². The summed E-state index contributed by atoms with van der Waals surface area (Å²) < 4.78 is 5.17. The van der Waals surface area contributed by atoms with E-state index < -0.39 is 0 Å². The topological polar surface area (TPSA) is 64.4 Å². The van der Waals surface area contributed by atoms with Gasteiger partial charge in [-0.05, 0) is 36.7 Å². The van der Waals surface area contributed by atoms with Gasteiger partial charge >= 0.3 is 5.00 Å². The van der Waals surface area contributed by atoms with Gasteiger partial charge in [0, 0.05) is 17.5 Å². The highest BCUT2D eigenvalue weighted by Gasteiger charge is 2.08. The molecule has 1 N–H and O–H groups in total. The van der Waals surface area contributed by atoms with Gasteiger partial charge < -0.3 is 10.1 Å². The maximum atomic E-state index is 10.6. The first-order valence-corrected chi connectivity index (χ1v) is 7.07. The Balaban J connectivity index is 1.76. The molecule has 0 radical (unpaired) electrons. The minimum absolute atomic E-state index is 0.189. The van der Waals surface area contributed by atoms with E-state index in [-0.39, 0.29) is 9.92 Å². The van der Waals surface area contributed by atoms with Gasteiger partial charge in [0.05, 0.1) is 12.0 Å². The van der Waals surface area contributed by atoms with E-state index in [1.54, 1.807) is 19.2 Å². The van der Waals surface area contributed by atoms with Crippen LogP contribution in [-0.2, 0) is 13.0 Å². The zero-order chi connectivity index (χ0) is 14.4. The number of thiophene rings is 1. The van der Waals surface area contributed by atoms with Crippen molar-refractivity contribution >= 4 is 16.3 Å². The number of methoxy groups -OCH3 is 1. The molecule has 0 spiro atoms. The van der Waals surface area contributed by atoms with Crippen molar-refractivity contribution in [1.82, 2.24) is 5.32 Å². The number of ether oxygens (including phenoxy) is 1. The van der Waals surface area contributed by atoms with E-state index in [2.05, 4.69) is 11.4 Å². The molecule has 1 aromatic heterocycles. The Morgan fingerprint density at radius 3 is 2.90 bits per heavy atom. The van der Waals surface area contributed by atoms with Crippen LogP contribution in [0.1, 0.15) is 10.4 Å². The minimum atomic E-state index is -0.357. The van der Waals surface area contributed by atoms with Crippen LogP contribution in [0.15, 0.2) is 36.4 Å². The second-order valence-corrected chi connectivity index (χ2v) is 5.42. The number of hydrogen-bond acceptors (Lipinski definition) is 5. The third-order valence-electron chi connectivity index (χ3n) is 2.85. The smallest absolute Gasteiger partial charge is 0.324 e. The van der Waals surface area contributed by atoms with E-state index in [0.717, 1.165) is 23.6 Å². The molecule has 0 fully saturated rings. The Morgan fingerprint density at radius 2 is 2.20 bits per heavy atom. The number of nitrogens with one attached hydrogen (secondary N) is 1. The van der Waals surface area contributed by atoms with Gasteiger partial charge in [0.25, 0.3) is 0 Å². The van der Waals surface area contributed by atoms with E-state index in [9.17, 15) is 10.1 Å². The van der Waals surface area contributed by atoms with Gasteiger partial charge in [-0.25, -0.2) is 0 Å². The van der Waals surface area contributed by atoms with Crippen molar-refractivity contribution in [2.45, 2.75) is 13.0 Å². The monoisotopic (exact) mass is 292 g/mol. The van der Waals surface area contributed by atoms with Gasteiger partial charge in [-0.15, -0.1) is 0 Å². The molecule has 20 heavy (non-hydrogen) atoms. The maximum Gasteiger partial charge on any atom is 0.324 e. The van der Waals surface area contributed by atoms with Crippen molar-refractivity contribution < 1.29 is 9.66 Å². The molecule has 1 heterocycles. The van der Waals surface area contributed by atoms with E-state index in [4.69, 9.17) is 4.74 Å². The first-order chi connectivity index (χ1) is 9.69. The predicted molar refractivity (Wildman–Crippen MR) is 79.4 cm³/mol. The molecule has 0 aliphatic rings. The summed E-state index contributed by atoms with van der Waals surface area (Å²) in [6.45, 7) is 1.47. The highest BCUT2D eigenvalue weighted by molar-refractivity contribution is 7.15. The SMILES string of the molecule is COc1cccc(CCNCc2ccc([N+](=O)[O-])s2)c1. The van der Waals surface area contributed by atoms with E-state index >= 15 is 0 Å². The van der Waals surface area contributed by atoms with Crippen molar-refractivity contribution in [3.63, 3.8) is 0 Å². The van der Waals surface area contributed by atoms with Gasteiger partial charge in [-0.2, -0.15) is 0 Å². The van der Waals surface area contributed by atoms with Gasteiger partial charge in [-0.1, -0.05) is 23.5 Å². The van der Waals surface area contributed by atoms with Gasteiger partial charge in [0.2, 0.25) is 0 Å². The second kappa shape index (κ2) is 7.02. The van der Waals surface area contributed by atoms with Gasteiger partial charge in [0.1, 0.15) is 5.75 Å². The predicted octanol–water partition coefficient (Wildman–Crippen LogP) is 3.00. The maximum absolute atomic E-state index is 10.6. The summed E-state index contributed by atoms with van der Waals surface area (Å²) in [6, 6.07) is 11.3. The third-order valence-corrected chi connectivity index (χ3v) is 3.89. The molecular weight excluding hydrogens is 276 g/mol. The zero-order valence-electron chi connectivity index (χ0n) is 11.2. The summed E-state index contributed by atoms with van der Waals surface area (Å²) in [4.78, 5) is 11.2. The summed E-state index contributed by atoms with van der Waals surface area (Å²) in [5, 5.41) is 14.0. The fourth-order valence-electron chi connectivity index (χ4n) is 1.83. The van der Waals surface area contributed by atoms with Crippen LogP contribution < -0.4 is 10.1 Å². The molecule has 1 aromatic carbocycles. The van der Waals surface area contributed by atoms with Crippen molar-refractivity contribution in [3.8, 4) is 5.75 Å². The van der Waals surface area contributed by atoms with Crippen LogP contribution in [0.5, 0.6) is 5.75 Å². The normalized spacial score (nSPS) is 10.4. The number of hydrogen-bond donors (Lipinski definition) is 1. The lowest BCUT2D eigenvalue weighted by atomic mass is 10.1. The van der Waals surface area contributed by atoms with E-state index in [1.165, 1.54) is 16.9 Å². The summed E-state index contributed by atoms with van der Waals surface area (Å²) >= 11 is 1.21. The zero-order valence-corrected chi connectivity index (χ0v) is 12.0. The lowest BCUT2D eigenvalue weighted by molar-refractivity contribution is -0.380. The Labute approximate surface area is 121 Å². The minimum Gasteiger partial charge on any atom is -0.497 e. The molecule has 0 atom stereocenters. The fraction of sp³-hybridized carbons (Fsp3) is 0.286. The lowest BCUT2D eigenvalue weighted by Gasteiger charge is -2.05. The van der Waals surface area contributed by atoms with Crippen LogP contribution >= 0.6 is 11.3 Å². The largest absolute Gasteiger partial charge is 0.497 e. The number of nitro groups is 1. The summed E-state index contributed by atoms with van der Waals surface area (Å²) in [5.74, 6) is 0.858. The molecule has 2 aromatic rings. The number of nitrogens with zero attached hydrogens (tertiary/aromatic N) is 1. The highest BCUT2D eigenvalue weighted by Crippen LogP contribution is 2.23. The summed E-state index contributed by atoms with van der Waals surface area (Å²) in [5.41, 5.74) is 1.20. The van der Waals surface area contributed by atoms with Crippen molar-refractivity contribution in [1.29, 1.82) is 0 Å². The molecule has 0 unspecified atom stereocenters. The Kier molecular flexibility index (Phi) is 5.09. The van der Waals surface area contributed by atoms with E-state index in [0.29, 0.717) is 6.54 Å². The Morgan fingerprint density at radius 1 is 1.35 bits per heavy atom. The van der Waals surface area contributed by atoms with Crippen LogP contribution in [0.25, 0.3) is 0 Å². The molecule has 106 valence electrons. The fourth-order valence-corrected chi connectivity index (χ4v) is 2.62. The van der Waals surface area contributed by atoms with Crippen molar-refractivity contribution in [3.05, 3.63) is 57.0 Å². The quantitative estimate of drug-likeness (QED) is 0.484. The molecule has 0 amide bonds.